The summed E-state index contributed by atoms with van der Waals surface area (Å²) < 4.78 is 0. The second-order valence-electron chi connectivity index (χ2n) is 6.00. The van der Waals surface area contributed by atoms with Crippen molar-refractivity contribution in [3.63, 3.8) is 0 Å². The van der Waals surface area contributed by atoms with Crippen LogP contribution in [0.2, 0.25) is 0 Å². The van der Waals surface area contributed by atoms with Crippen LogP contribution < -0.4 is 0 Å². The number of nitrogens with zero attached hydrogens (tertiary/aromatic N) is 2. The van der Waals surface area contributed by atoms with E-state index >= 15 is 0 Å². The molecular weight excluding hydrogens is 228 g/mol. The van der Waals surface area contributed by atoms with E-state index in [4.69, 9.17) is 0 Å². The Kier molecular flexibility index (Phi) is 4.62. The summed E-state index contributed by atoms with van der Waals surface area (Å²) >= 11 is 0. The monoisotopic (exact) mass is 254 g/mol. The third-order valence-electron chi connectivity index (χ3n) is 4.67. The number of hydrogen-bond donors (Lipinski definition) is 1. The molecule has 0 saturated carbocycles. The van der Waals surface area contributed by atoms with Crippen molar-refractivity contribution in [1.29, 1.82) is 0 Å². The Balaban J connectivity index is 2.09. The summed E-state index contributed by atoms with van der Waals surface area (Å²) in [5.74, 6) is -0.635. The fourth-order valence-electron chi connectivity index (χ4n) is 3.47. The van der Waals surface area contributed by atoms with Crippen LogP contribution in [0.15, 0.2) is 0 Å². The van der Waals surface area contributed by atoms with Gasteiger partial charge in [-0.1, -0.05) is 12.8 Å². The van der Waals surface area contributed by atoms with E-state index in [1.54, 1.807) is 0 Å². The highest BCUT2D eigenvalue weighted by Crippen LogP contribution is 2.33. The normalized spacial score (nSPS) is 26.7. The Morgan fingerprint density at radius 1 is 1.06 bits per heavy atom. The van der Waals surface area contributed by atoms with Crippen LogP contribution in [0.5, 0.6) is 0 Å². The Bertz CT molecular complexity index is 278. The second-order valence-corrected chi connectivity index (χ2v) is 6.00. The quantitative estimate of drug-likeness (QED) is 0.834. The van der Waals surface area contributed by atoms with Crippen LogP contribution in [0, 0.1) is 0 Å². The van der Waals surface area contributed by atoms with Crippen LogP contribution in [-0.4, -0.2) is 59.6 Å². The standard InChI is InChI=1S/C14H26N2O2/c1-15-10-6-14(7-11-15,12-13(17)18)16-8-4-2-3-5-9-16/h2-12H2,1H3,(H,17,18). The molecule has 0 aromatic carbocycles. The van der Waals surface area contributed by atoms with Gasteiger partial charge in [0.15, 0.2) is 0 Å². The molecule has 2 fully saturated rings. The van der Waals surface area contributed by atoms with Crippen LogP contribution in [0.4, 0.5) is 0 Å². The van der Waals surface area contributed by atoms with Gasteiger partial charge in [0.05, 0.1) is 6.42 Å². The molecule has 1 N–H and O–H groups in total. The Morgan fingerprint density at radius 2 is 1.61 bits per heavy atom. The lowest BCUT2D eigenvalue weighted by Gasteiger charge is -2.47. The fourth-order valence-corrected chi connectivity index (χ4v) is 3.47. The van der Waals surface area contributed by atoms with Gasteiger partial charge in [0.1, 0.15) is 0 Å². The highest BCUT2D eigenvalue weighted by atomic mass is 16.4. The van der Waals surface area contributed by atoms with Crippen molar-refractivity contribution < 1.29 is 9.90 Å². The van der Waals surface area contributed by atoms with Gasteiger partial charge in [-0.2, -0.15) is 0 Å². The van der Waals surface area contributed by atoms with Gasteiger partial charge in [0.2, 0.25) is 0 Å². The van der Waals surface area contributed by atoms with E-state index in [0.29, 0.717) is 6.42 Å². The lowest BCUT2D eigenvalue weighted by Crippen LogP contribution is -2.56. The second kappa shape index (κ2) is 6.02. The zero-order valence-corrected chi connectivity index (χ0v) is 11.5. The zero-order chi connectivity index (χ0) is 13.0. The van der Waals surface area contributed by atoms with Gasteiger partial charge in [-0.05, 0) is 58.9 Å². The van der Waals surface area contributed by atoms with Crippen LogP contribution >= 0.6 is 0 Å². The molecule has 0 amide bonds. The summed E-state index contributed by atoms with van der Waals surface area (Å²) in [6, 6.07) is 0. The van der Waals surface area contributed by atoms with Crippen molar-refractivity contribution in [2.24, 2.45) is 0 Å². The Labute approximate surface area is 110 Å². The molecule has 4 heteroatoms. The van der Waals surface area contributed by atoms with E-state index in [-0.39, 0.29) is 5.54 Å². The number of hydrogen-bond acceptors (Lipinski definition) is 3. The van der Waals surface area contributed by atoms with Gasteiger partial charge in [0, 0.05) is 5.54 Å². The van der Waals surface area contributed by atoms with Crippen molar-refractivity contribution in [1.82, 2.24) is 9.80 Å². The smallest absolute Gasteiger partial charge is 0.305 e. The maximum absolute atomic E-state index is 11.2. The highest BCUT2D eigenvalue weighted by molar-refractivity contribution is 5.68. The van der Waals surface area contributed by atoms with Crippen molar-refractivity contribution in [2.45, 2.75) is 50.5 Å². The van der Waals surface area contributed by atoms with E-state index in [2.05, 4.69) is 16.8 Å². The number of carboxylic acids is 1. The third kappa shape index (κ3) is 3.23. The molecule has 0 aliphatic carbocycles. The summed E-state index contributed by atoms with van der Waals surface area (Å²) in [6.45, 7) is 4.25. The third-order valence-corrected chi connectivity index (χ3v) is 4.67. The van der Waals surface area contributed by atoms with E-state index in [1.165, 1.54) is 25.7 Å². The van der Waals surface area contributed by atoms with Crippen LogP contribution in [-0.2, 0) is 4.79 Å². The average Bonchev–Trinajstić information content (AvgIpc) is 2.61. The number of rotatable bonds is 3. The lowest BCUT2D eigenvalue weighted by molar-refractivity contribution is -0.141. The molecule has 4 nitrogen and oxygen atoms in total. The zero-order valence-electron chi connectivity index (χ0n) is 11.5. The first-order chi connectivity index (χ1) is 8.62. The maximum atomic E-state index is 11.2. The minimum atomic E-state index is -0.635. The lowest BCUT2D eigenvalue weighted by atomic mass is 9.82. The topological polar surface area (TPSA) is 43.8 Å². The molecule has 104 valence electrons. The van der Waals surface area contributed by atoms with Gasteiger partial charge in [-0.15, -0.1) is 0 Å². The maximum Gasteiger partial charge on any atom is 0.305 e. The summed E-state index contributed by atoms with van der Waals surface area (Å²) in [5.41, 5.74) is -0.0668. The predicted molar refractivity (Wildman–Crippen MR) is 71.8 cm³/mol. The van der Waals surface area contributed by atoms with Crippen LogP contribution in [0.1, 0.15) is 44.9 Å². The molecule has 0 unspecified atom stereocenters. The molecule has 0 spiro atoms. The molecule has 0 radical (unpaired) electrons. The van der Waals surface area contributed by atoms with Crippen LogP contribution in [0.25, 0.3) is 0 Å². The van der Waals surface area contributed by atoms with Crippen molar-refractivity contribution in [2.75, 3.05) is 33.2 Å². The molecular formula is C14H26N2O2. The summed E-state index contributed by atoms with van der Waals surface area (Å²) in [7, 11) is 2.13. The molecule has 2 saturated heterocycles. The largest absolute Gasteiger partial charge is 0.481 e. The number of aliphatic carboxylic acids is 1. The molecule has 2 aliphatic rings. The number of carbonyl (C=O) groups is 1. The average molecular weight is 254 g/mol. The molecule has 2 aliphatic heterocycles. The van der Waals surface area contributed by atoms with Gasteiger partial charge in [-0.25, -0.2) is 0 Å². The van der Waals surface area contributed by atoms with Crippen LogP contribution in [0.3, 0.4) is 0 Å². The van der Waals surface area contributed by atoms with Crippen molar-refractivity contribution >= 4 is 5.97 Å². The number of carboxylic acid groups (broad SMARTS) is 1. The molecule has 2 heterocycles. The minimum Gasteiger partial charge on any atom is -0.481 e. The van der Waals surface area contributed by atoms with Gasteiger partial charge in [0.25, 0.3) is 0 Å². The molecule has 0 aromatic heterocycles. The van der Waals surface area contributed by atoms with Gasteiger partial charge in [-0.3, -0.25) is 9.69 Å². The summed E-state index contributed by atoms with van der Waals surface area (Å²) in [5, 5.41) is 9.26. The van der Waals surface area contributed by atoms with E-state index in [1.807, 2.05) is 0 Å². The van der Waals surface area contributed by atoms with Crippen molar-refractivity contribution in [3.05, 3.63) is 0 Å². The SMILES string of the molecule is CN1CCC(CC(=O)O)(N2CCCCCC2)CC1. The molecule has 0 bridgehead atoms. The first-order valence-electron chi connectivity index (χ1n) is 7.28. The first kappa shape index (κ1) is 13.8. The van der Waals surface area contributed by atoms with E-state index < -0.39 is 5.97 Å². The van der Waals surface area contributed by atoms with Crippen molar-refractivity contribution in [3.8, 4) is 0 Å². The van der Waals surface area contributed by atoms with Gasteiger partial charge >= 0.3 is 5.97 Å². The highest BCUT2D eigenvalue weighted by Gasteiger charge is 2.40. The Morgan fingerprint density at radius 3 is 2.11 bits per heavy atom. The summed E-state index contributed by atoms with van der Waals surface area (Å²) in [6.07, 6.45) is 7.42. The molecule has 0 atom stereocenters. The van der Waals surface area contributed by atoms with E-state index in [0.717, 1.165) is 39.0 Å². The number of likely N-dealkylation sites (tertiary alicyclic amines) is 2. The minimum absolute atomic E-state index is 0.0668. The first-order valence-corrected chi connectivity index (χ1v) is 7.28. The summed E-state index contributed by atoms with van der Waals surface area (Å²) in [4.78, 5) is 16.1. The molecule has 2 rings (SSSR count). The Hall–Kier alpha value is -0.610. The van der Waals surface area contributed by atoms with E-state index in [9.17, 15) is 9.90 Å². The molecule has 0 aromatic rings. The number of piperidine rings is 1. The van der Waals surface area contributed by atoms with Gasteiger partial charge < -0.3 is 10.0 Å². The fraction of sp³-hybridized carbons (Fsp3) is 0.929. The predicted octanol–water partition coefficient (Wildman–Crippen LogP) is 1.80. The molecule has 18 heavy (non-hydrogen) atoms.